The third kappa shape index (κ3) is 4.48. The van der Waals surface area contributed by atoms with E-state index in [1.54, 1.807) is 0 Å². The van der Waals surface area contributed by atoms with E-state index in [0.29, 0.717) is 0 Å². The SMILES string of the molecule is CC(CC1(CC2CC2)CO1)NC(=O)OC(C)(C)C. The van der Waals surface area contributed by atoms with E-state index in [-0.39, 0.29) is 17.7 Å². The smallest absolute Gasteiger partial charge is 0.407 e. The first-order valence-electron chi connectivity index (χ1n) is 6.91. The summed E-state index contributed by atoms with van der Waals surface area (Å²) in [6, 6.07) is 0.0982. The number of carbonyl (C=O) groups excluding carboxylic acids is 1. The molecular formula is C14H25NO3. The second kappa shape index (κ2) is 4.72. The molecule has 0 aromatic carbocycles. The molecule has 104 valence electrons. The van der Waals surface area contributed by atoms with Crippen LogP contribution in [0.15, 0.2) is 0 Å². The highest BCUT2D eigenvalue weighted by Crippen LogP contribution is 2.46. The predicted octanol–water partition coefficient (Wildman–Crippen LogP) is 2.86. The van der Waals surface area contributed by atoms with Gasteiger partial charge in [-0.2, -0.15) is 0 Å². The highest BCUT2D eigenvalue weighted by molar-refractivity contribution is 5.68. The van der Waals surface area contributed by atoms with Gasteiger partial charge in [0, 0.05) is 6.04 Å². The van der Waals surface area contributed by atoms with Gasteiger partial charge in [0.1, 0.15) is 5.60 Å². The maximum absolute atomic E-state index is 11.6. The summed E-state index contributed by atoms with van der Waals surface area (Å²) >= 11 is 0. The molecule has 1 aliphatic carbocycles. The first kappa shape index (κ1) is 13.7. The van der Waals surface area contributed by atoms with Crippen LogP contribution in [0.2, 0.25) is 0 Å². The molecule has 0 radical (unpaired) electrons. The molecule has 1 aliphatic heterocycles. The average Bonchev–Trinajstić information content (AvgIpc) is 3.02. The summed E-state index contributed by atoms with van der Waals surface area (Å²) in [7, 11) is 0. The molecule has 2 fully saturated rings. The number of carbonyl (C=O) groups is 1. The fraction of sp³-hybridized carbons (Fsp3) is 0.929. The lowest BCUT2D eigenvalue weighted by Crippen LogP contribution is -2.39. The van der Waals surface area contributed by atoms with Crippen LogP contribution in [0.3, 0.4) is 0 Å². The number of alkyl carbamates (subject to hydrolysis) is 1. The lowest BCUT2D eigenvalue weighted by atomic mass is 9.95. The molecule has 1 saturated carbocycles. The standard InChI is InChI=1S/C14H25NO3/c1-10(15-12(16)18-13(2,3)4)7-14(9-17-14)8-11-5-6-11/h10-11H,5-9H2,1-4H3,(H,15,16). The first-order chi connectivity index (χ1) is 8.28. The molecule has 1 saturated heterocycles. The second-order valence-electron chi connectivity index (χ2n) is 6.87. The quantitative estimate of drug-likeness (QED) is 0.768. The minimum Gasteiger partial charge on any atom is -0.444 e. The third-order valence-corrected chi connectivity index (χ3v) is 3.35. The Morgan fingerprint density at radius 1 is 1.50 bits per heavy atom. The van der Waals surface area contributed by atoms with E-state index in [0.717, 1.165) is 25.4 Å². The molecule has 0 aromatic heterocycles. The van der Waals surface area contributed by atoms with Crippen LogP contribution in [0.1, 0.15) is 53.4 Å². The van der Waals surface area contributed by atoms with E-state index in [4.69, 9.17) is 9.47 Å². The van der Waals surface area contributed by atoms with Gasteiger partial charge in [-0.05, 0) is 46.5 Å². The Morgan fingerprint density at radius 2 is 2.11 bits per heavy atom. The third-order valence-electron chi connectivity index (χ3n) is 3.35. The van der Waals surface area contributed by atoms with Gasteiger partial charge in [-0.25, -0.2) is 4.79 Å². The maximum atomic E-state index is 11.6. The molecule has 4 nitrogen and oxygen atoms in total. The van der Waals surface area contributed by atoms with Gasteiger partial charge in [-0.15, -0.1) is 0 Å². The number of hydrogen-bond donors (Lipinski definition) is 1. The zero-order valence-electron chi connectivity index (χ0n) is 11.9. The Kier molecular flexibility index (Phi) is 3.58. The van der Waals surface area contributed by atoms with E-state index in [9.17, 15) is 4.79 Å². The molecule has 0 bridgehead atoms. The Bertz CT molecular complexity index is 313. The number of rotatable bonds is 5. The van der Waals surface area contributed by atoms with Gasteiger partial charge in [0.25, 0.3) is 0 Å². The zero-order chi connectivity index (χ0) is 13.4. The molecule has 18 heavy (non-hydrogen) atoms. The lowest BCUT2D eigenvalue weighted by molar-refractivity contribution is 0.0499. The minimum absolute atomic E-state index is 0.0512. The van der Waals surface area contributed by atoms with E-state index in [2.05, 4.69) is 5.32 Å². The Labute approximate surface area is 109 Å². The van der Waals surface area contributed by atoms with Crippen molar-refractivity contribution in [3.8, 4) is 0 Å². The van der Waals surface area contributed by atoms with Crippen molar-refractivity contribution in [2.75, 3.05) is 6.61 Å². The van der Waals surface area contributed by atoms with Crippen LogP contribution in [0.25, 0.3) is 0 Å². The summed E-state index contributed by atoms with van der Waals surface area (Å²) in [5.74, 6) is 0.862. The molecule has 1 heterocycles. The molecule has 2 rings (SSSR count). The van der Waals surface area contributed by atoms with Crippen molar-refractivity contribution in [1.29, 1.82) is 0 Å². The van der Waals surface area contributed by atoms with Crippen molar-refractivity contribution in [3.63, 3.8) is 0 Å². The Hall–Kier alpha value is -0.770. The topological polar surface area (TPSA) is 50.9 Å². The maximum Gasteiger partial charge on any atom is 0.407 e. The van der Waals surface area contributed by atoms with Crippen LogP contribution < -0.4 is 5.32 Å². The number of amides is 1. The highest BCUT2D eigenvalue weighted by Gasteiger charge is 2.48. The summed E-state index contributed by atoms with van der Waals surface area (Å²) in [6.07, 6.45) is 4.41. The van der Waals surface area contributed by atoms with E-state index >= 15 is 0 Å². The van der Waals surface area contributed by atoms with Crippen molar-refractivity contribution >= 4 is 6.09 Å². The van der Waals surface area contributed by atoms with Gasteiger partial charge in [-0.1, -0.05) is 12.8 Å². The van der Waals surface area contributed by atoms with Crippen LogP contribution in [0.4, 0.5) is 4.79 Å². The number of hydrogen-bond acceptors (Lipinski definition) is 3. The number of ether oxygens (including phenoxy) is 2. The fourth-order valence-corrected chi connectivity index (χ4v) is 2.39. The van der Waals surface area contributed by atoms with Crippen LogP contribution in [-0.2, 0) is 9.47 Å². The van der Waals surface area contributed by atoms with Crippen molar-refractivity contribution in [1.82, 2.24) is 5.32 Å². The van der Waals surface area contributed by atoms with Crippen LogP contribution in [-0.4, -0.2) is 29.9 Å². The molecule has 2 atom stereocenters. The van der Waals surface area contributed by atoms with Crippen molar-refractivity contribution in [2.45, 2.75) is 70.6 Å². The Balaban J connectivity index is 1.71. The normalized spacial score (nSPS) is 28.7. The van der Waals surface area contributed by atoms with Crippen LogP contribution in [0, 0.1) is 5.92 Å². The summed E-state index contributed by atoms with van der Waals surface area (Å²) in [5, 5.41) is 2.89. The van der Waals surface area contributed by atoms with Crippen LogP contribution in [0.5, 0.6) is 0 Å². The summed E-state index contributed by atoms with van der Waals surface area (Å²) in [5.41, 5.74) is -0.388. The van der Waals surface area contributed by atoms with E-state index < -0.39 is 5.60 Å². The number of nitrogens with one attached hydrogen (secondary N) is 1. The first-order valence-corrected chi connectivity index (χ1v) is 6.91. The second-order valence-corrected chi connectivity index (χ2v) is 6.87. The van der Waals surface area contributed by atoms with Crippen LogP contribution >= 0.6 is 0 Å². The molecule has 4 heteroatoms. The van der Waals surface area contributed by atoms with E-state index in [1.807, 2.05) is 27.7 Å². The van der Waals surface area contributed by atoms with Crippen molar-refractivity contribution in [3.05, 3.63) is 0 Å². The minimum atomic E-state index is -0.439. The highest BCUT2D eigenvalue weighted by atomic mass is 16.6. The molecular weight excluding hydrogens is 230 g/mol. The Morgan fingerprint density at radius 3 is 2.56 bits per heavy atom. The molecule has 1 amide bonds. The molecule has 2 unspecified atom stereocenters. The van der Waals surface area contributed by atoms with Gasteiger partial charge in [0.05, 0.1) is 12.2 Å². The van der Waals surface area contributed by atoms with Gasteiger partial charge < -0.3 is 14.8 Å². The molecule has 0 aromatic rings. The monoisotopic (exact) mass is 255 g/mol. The van der Waals surface area contributed by atoms with E-state index in [1.165, 1.54) is 12.8 Å². The van der Waals surface area contributed by atoms with Gasteiger partial charge in [0.2, 0.25) is 0 Å². The lowest BCUT2D eigenvalue weighted by Gasteiger charge is -2.23. The van der Waals surface area contributed by atoms with Gasteiger partial charge in [-0.3, -0.25) is 0 Å². The summed E-state index contributed by atoms with van der Waals surface area (Å²) in [6.45, 7) is 8.48. The van der Waals surface area contributed by atoms with Gasteiger partial charge in [0.15, 0.2) is 0 Å². The predicted molar refractivity (Wildman–Crippen MR) is 69.5 cm³/mol. The molecule has 0 spiro atoms. The number of epoxide rings is 1. The average molecular weight is 255 g/mol. The van der Waals surface area contributed by atoms with Gasteiger partial charge >= 0.3 is 6.09 Å². The molecule has 2 aliphatic rings. The summed E-state index contributed by atoms with van der Waals surface area (Å²) in [4.78, 5) is 11.6. The zero-order valence-corrected chi connectivity index (χ0v) is 11.9. The summed E-state index contributed by atoms with van der Waals surface area (Å²) < 4.78 is 10.9. The fourth-order valence-electron chi connectivity index (χ4n) is 2.39. The molecule has 1 N–H and O–H groups in total. The largest absolute Gasteiger partial charge is 0.444 e. The van der Waals surface area contributed by atoms with Crippen molar-refractivity contribution in [2.24, 2.45) is 5.92 Å². The van der Waals surface area contributed by atoms with Crippen molar-refractivity contribution < 1.29 is 14.3 Å².